The van der Waals surface area contributed by atoms with Crippen LogP contribution in [-0.2, 0) is 0 Å². The molecule has 0 bridgehead atoms. The van der Waals surface area contributed by atoms with E-state index in [4.69, 9.17) is 0 Å². The van der Waals surface area contributed by atoms with Gasteiger partial charge in [0.2, 0.25) is 0 Å². The second-order valence-corrected chi connectivity index (χ2v) is 7.57. The second-order valence-electron chi connectivity index (χ2n) is 7.57. The van der Waals surface area contributed by atoms with E-state index < -0.39 is 0 Å². The molecule has 5 nitrogen and oxygen atoms in total. The minimum Gasteiger partial charge on any atom is -0.312 e. The molecule has 3 heterocycles. The number of aromatic nitrogens is 4. The molecular weight excluding hydrogens is 336 g/mol. The standard InChI is InChI=1S/C22H22N4O/c1-15-7-5-6-10-19(15)25-12-11-20-18(22(25)27)13-23-21-17(14-24-26(20)21)16-8-3-2-4-9-16/h2-4,8-9,11-15,19H,5-7,10H2,1H3/t15-,19+/m1/s1. The summed E-state index contributed by atoms with van der Waals surface area (Å²) in [6.07, 6.45) is 10.2. The summed E-state index contributed by atoms with van der Waals surface area (Å²) in [6, 6.07) is 12.4. The van der Waals surface area contributed by atoms with Crippen LogP contribution in [0.5, 0.6) is 0 Å². The fraction of sp³-hybridized carbons (Fsp3) is 0.318. The summed E-state index contributed by atoms with van der Waals surface area (Å²) in [5.74, 6) is 0.528. The summed E-state index contributed by atoms with van der Waals surface area (Å²) in [6.45, 7) is 2.25. The van der Waals surface area contributed by atoms with Gasteiger partial charge in [0.25, 0.3) is 5.56 Å². The zero-order valence-corrected chi connectivity index (χ0v) is 15.4. The highest BCUT2D eigenvalue weighted by atomic mass is 16.1. The Labute approximate surface area is 157 Å². The van der Waals surface area contributed by atoms with E-state index in [-0.39, 0.29) is 11.6 Å². The summed E-state index contributed by atoms with van der Waals surface area (Å²) in [4.78, 5) is 17.8. The molecule has 1 saturated carbocycles. The van der Waals surface area contributed by atoms with Crippen molar-refractivity contribution in [2.24, 2.45) is 5.92 Å². The van der Waals surface area contributed by atoms with Crippen LogP contribution in [0.2, 0.25) is 0 Å². The summed E-state index contributed by atoms with van der Waals surface area (Å²) in [7, 11) is 0. The van der Waals surface area contributed by atoms with Crippen LogP contribution in [-0.4, -0.2) is 19.2 Å². The van der Waals surface area contributed by atoms with E-state index in [0.29, 0.717) is 11.3 Å². The molecule has 27 heavy (non-hydrogen) atoms. The lowest BCUT2D eigenvalue weighted by atomic mass is 9.85. The van der Waals surface area contributed by atoms with Gasteiger partial charge in [0.1, 0.15) is 0 Å². The Bertz CT molecular complexity index is 1180. The van der Waals surface area contributed by atoms with Crippen molar-refractivity contribution in [2.45, 2.75) is 38.6 Å². The molecule has 2 atom stereocenters. The number of fused-ring (bicyclic) bond motifs is 3. The van der Waals surface area contributed by atoms with Crippen molar-refractivity contribution in [3.05, 3.63) is 65.3 Å². The van der Waals surface area contributed by atoms with E-state index in [9.17, 15) is 4.79 Å². The Balaban J connectivity index is 1.68. The van der Waals surface area contributed by atoms with E-state index in [2.05, 4.69) is 17.0 Å². The quantitative estimate of drug-likeness (QED) is 0.531. The average Bonchev–Trinajstić information content (AvgIpc) is 3.14. The van der Waals surface area contributed by atoms with Crippen molar-refractivity contribution >= 4 is 16.6 Å². The molecule has 4 aromatic rings. The lowest BCUT2D eigenvalue weighted by molar-refractivity contribution is 0.253. The van der Waals surface area contributed by atoms with Gasteiger partial charge >= 0.3 is 0 Å². The van der Waals surface area contributed by atoms with Gasteiger partial charge in [-0.05, 0) is 30.4 Å². The van der Waals surface area contributed by atoms with Crippen LogP contribution < -0.4 is 5.56 Å². The van der Waals surface area contributed by atoms with Crippen molar-refractivity contribution in [3.63, 3.8) is 0 Å². The molecule has 5 rings (SSSR count). The number of rotatable bonds is 2. The molecule has 0 amide bonds. The molecule has 3 aromatic heterocycles. The highest BCUT2D eigenvalue weighted by Crippen LogP contribution is 2.33. The predicted molar refractivity (Wildman–Crippen MR) is 107 cm³/mol. The van der Waals surface area contributed by atoms with Crippen LogP contribution in [0, 0.1) is 5.92 Å². The fourth-order valence-corrected chi connectivity index (χ4v) is 4.42. The summed E-state index contributed by atoms with van der Waals surface area (Å²) < 4.78 is 3.70. The minimum absolute atomic E-state index is 0.0393. The molecule has 0 aliphatic heterocycles. The summed E-state index contributed by atoms with van der Waals surface area (Å²) in [5.41, 5.74) is 3.67. The van der Waals surface area contributed by atoms with Gasteiger partial charge in [0.15, 0.2) is 5.65 Å². The predicted octanol–water partition coefficient (Wildman–Crippen LogP) is 4.46. The Kier molecular flexibility index (Phi) is 3.81. The Morgan fingerprint density at radius 1 is 1.04 bits per heavy atom. The topological polar surface area (TPSA) is 52.2 Å². The maximum Gasteiger partial charge on any atom is 0.261 e. The van der Waals surface area contributed by atoms with Gasteiger partial charge in [0, 0.05) is 24.0 Å². The monoisotopic (exact) mass is 358 g/mol. The molecule has 1 aliphatic rings. The van der Waals surface area contributed by atoms with Gasteiger partial charge in [-0.25, -0.2) is 9.50 Å². The van der Waals surface area contributed by atoms with Crippen molar-refractivity contribution in [3.8, 4) is 11.1 Å². The molecular formula is C22H22N4O. The lowest BCUT2D eigenvalue weighted by Crippen LogP contribution is -2.30. The highest BCUT2D eigenvalue weighted by Gasteiger charge is 2.24. The molecule has 0 N–H and O–H groups in total. The normalized spacial score (nSPS) is 20.3. The number of pyridine rings is 1. The van der Waals surface area contributed by atoms with Gasteiger partial charge in [-0.15, -0.1) is 0 Å². The van der Waals surface area contributed by atoms with Crippen LogP contribution in [0.4, 0.5) is 0 Å². The summed E-state index contributed by atoms with van der Waals surface area (Å²) >= 11 is 0. The molecule has 0 spiro atoms. The van der Waals surface area contributed by atoms with Gasteiger partial charge in [-0.1, -0.05) is 50.1 Å². The van der Waals surface area contributed by atoms with E-state index in [1.54, 1.807) is 10.7 Å². The number of nitrogens with zero attached hydrogens (tertiary/aromatic N) is 4. The molecule has 0 unspecified atom stereocenters. The average molecular weight is 358 g/mol. The summed E-state index contributed by atoms with van der Waals surface area (Å²) in [5, 5.41) is 5.16. The molecule has 136 valence electrons. The van der Waals surface area contributed by atoms with Crippen molar-refractivity contribution < 1.29 is 0 Å². The van der Waals surface area contributed by atoms with Gasteiger partial charge in [-0.3, -0.25) is 4.79 Å². The first-order valence-corrected chi connectivity index (χ1v) is 9.67. The van der Waals surface area contributed by atoms with Crippen LogP contribution in [0.1, 0.15) is 38.6 Å². The highest BCUT2D eigenvalue weighted by molar-refractivity contribution is 5.84. The van der Waals surface area contributed by atoms with Crippen LogP contribution in [0.25, 0.3) is 27.7 Å². The van der Waals surface area contributed by atoms with Crippen molar-refractivity contribution in [2.75, 3.05) is 0 Å². The first-order valence-electron chi connectivity index (χ1n) is 9.67. The Morgan fingerprint density at radius 2 is 1.85 bits per heavy atom. The maximum absolute atomic E-state index is 13.2. The molecule has 1 aromatic carbocycles. The molecule has 1 aliphatic carbocycles. The third-order valence-electron chi connectivity index (χ3n) is 5.93. The SMILES string of the molecule is C[C@@H]1CCCC[C@@H]1n1ccc2c(cnc3c(-c4ccccc4)cnn32)c1=O. The maximum atomic E-state index is 13.2. The first kappa shape index (κ1) is 16.2. The fourth-order valence-electron chi connectivity index (χ4n) is 4.42. The minimum atomic E-state index is 0.0393. The van der Waals surface area contributed by atoms with Gasteiger partial charge in [-0.2, -0.15) is 5.10 Å². The smallest absolute Gasteiger partial charge is 0.261 e. The Morgan fingerprint density at radius 3 is 2.67 bits per heavy atom. The van der Waals surface area contributed by atoms with Crippen molar-refractivity contribution in [1.82, 2.24) is 19.2 Å². The zero-order chi connectivity index (χ0) is 18.4. The number of hydrogen-bond donors (Lipinski definition) is 0. The first-order chi connectivity index (χ1) is 13.2. The largest absolute Gasteiger partial charge is 0.312 e. The van der Waals surface area contributed by atoms with E-state index in [1.807, 2.05) is 53.4 Å². The van der Waals surface area contributed by atoms with Gasteiger partial charge < -0.3 is 4.57 Å². The third kappa shape index (κ3) is 2.57. The van der Waals surface area contributed by atoms with Crippen LogP contribution in [0.3, 0.4) is 0 Å². The third-order valence-corrected chi connectivity index (χ3v) is 5.93. The van der Waals surface area contributed by atoms with Crippen molar-refractivity contribution in [1.29, 1.82) is 0 Å². The number of benzene rings is 1. The van der Waals surface area contributed by atoms with E-state index in [0.717, 1.165) is 28.7 Å². The van der Waals surface area contributed by atoms with Crippen LogP contribution in [0.15, 0.2) is 59.8 Å². The van der Waals surface area contributed by atoms with E-state index in [1.165, 1.54) is 19.3 Å². The second kappa shape index (κ2) is 6.34. The molecule has 0 saturated heterocycles. The zero-order valence-electron chi connectivity index (χ0n) is 15.4. The van der Waals surface area contributed by atoms with Gasteiger partial charge in [0.05, 0.1) is 17.1 Å². The lowest BCUT2D eigenvalue weighted by Gasteiger charge is -2.30. The van der Waals surface area contributed by atoms with E-state index >= 15 is 0 Å². The molecule has 1 fully saturated rings. The number of hydrogen-bond acceptors (Lipinski definition) is 3. The van der Waals surface area contributed by atoms with Crippen LogP contribution >= 0.6 is 0 Å². The Hall–Kier alpha value is -2.95. The molecule has 0 radical (unpaired) electrons. The molecule has 5 heteroatoms.